The van der Waals surface area contributed by atoms with Crippen molar-refractivity contribution in [1.29, 1.82) is 0 Å². The molecule has 0 saturated carbocycles. The van der Waals surface area contributed by atoms with Crippen LogP contribution in [0, 0.1) is 0 Å². The normalized spacial score (nSPS) is 20.9. The summed E-state index contributed by atoms with van der Waals surface area (Å²) in [5.41, 5.74) is 6.76. The summed E-state index contributed by atoms with van der Waals surface area (Å²) in [5, 5.41) is 0.546. The zero-order valence-electron chi connectivity index (χ0n) is 11.3. The molecule has 1 rings (SSSR count). The van der Waals surface area contributed by atoms with Crippen molar-refractivity contribution in [3.8, 4) is 0 Å². The molecule has 0 aromatic carbocycles. The number of methoxy groups -OCH3 is 1. The van der Waals surface area contributed by atoms with Gasteiger partial charge < -0.3 is 15.4 Å². The molecule has 0 spiro atoms. The molecule has 2 unspecified atom stereocenters. The molecule has 0 aromatic rings. The quantitative estimate of drug-likeness (QED) is 0.343. The second kappa shape index (κ2) is 7.96. The van der Waals surface area contributed by atoms with Crippen LogP contribution in [0.5, 0.6) is 0 Å². The van der Waals surface area contributed by atoms with Crippen LogP contribution in [0.1, 0.15) is 13.3 Å². The van der Waals surface area contributed by atoms with E-state index in [-0.39, 0.29) is 16.0 Å². The Hall–Kier alpha value is -0.650. The van der Waals surface area contributed by atoms with Crippen molar-refractivity contribution in [2.45, 2.75) is 23.7 Å². The van der Waals surface area contributed by atoms with Crippen LogP contribution in [0.2, 0.25) is 0 Å². The SMILES string of the molecule is COC(=O)/C(=C/N)N(CC1=C(Cl)C=CC(Cl)C1)C(C)Br. The minimum absolute atomic E-state index is 0.0941. The van der Waals surface area contributed by atoms with Crippen molar-refractivity contribution in [2.75, 3.05) is 13.7 Å². The maximum absolute atomic E-state index is 11.8. The van der Waals surface area contributed by atoms with Crippen molar-refractivity contribution >= 4 is 45.1 Å². The highest BCUT2D eigenvalue weighted by Crippen LogP contribution is 2.28. The van der Waals surface area contributed by atoms with Gasteiger partial charge in [0, 0.05) is 17.8 Å². The lowest BCUT2D eigenvalue weighted by atomic mass is 10.0. The molecule has 1 aliphatic carbocycles. The van der Waals surface area contributed by atoms with Crippen molar-refractivity contribution in [3.05, 3.63) is 34.7 Å². The first-order valence-electron chi connectivity index (χ1n) is 6.01. The van der Waals surface area contributed by atoms with Crippen LogP contribution in [0.25, 0.3) is 0 Å². The topological polar surface area (TPSA) is 55.6 Å². The molecule has 0 aromatic heterocycles. The van der Waals surface area contributed by atoms with Crippen LogP contribution in [0.15, 0.2) is 34.7 Å². The van der Waals surface area contributed by atoms with Gasteiger partial charge >= 0.3 is 5.97 Å². The van der Waals surface area contributed by atoms with E-state index >= 15 is 0 Å². The van der Waals surface area contributed by atoms with Gasteiger partial charge in [0.25, 0.3) is 0 Å². The van der Waals surface area contributed by atoms with Gasteiger partial charge in [-0.05, 0) is 25.0 Å². The highest BCUT2D eigenvalue weighted by molar-refractivity contribution is 9.09. The Kier molecular flexibility index (Phi) is 6.92. The van der Waals surface area contributed by atoms with Crippen molar-refractivity contribution in [1.82, 2.24) is 4.90 Å². The van der Waals surface area contributed by atoms with Crippen LogP contribution in [-0.4, -0.2) is 34.9 Å². The molecule has 2 atom stereocenters. The third-order valence-corrected chi connectivity index (χ3v) is 4.07. The number of ether oxygens (including phenoxy) is 1. The van der Waals surface area contributed by atoms with Crippen molar-refractivity contribution in [3.63, 3.8) is 0 Å². The molecule has 0 amide bonds. The van der Waals surface area contributed by atoms with E-state index in [4.69, 9.17) is 33.7 Å². The van der Waals surface area contributed by atoms with Gasteiger partial charge in [0.15, 0.2) is 0 Å². The van der Waals surface area contributed by atoms with E-state index in [9.17, 15) is 4.79 Å². The number of allylic oxidation sites excluding steroid dienone is 3. The molecule has 0 saturated heterocycles. The second-order valence-corrected chi connectivity index (χ2v) is 6.57. The van der Waals surface area contributed by atoms with Crippen LogP contribution in [0.4, 0.5) is 0 Å². The molecular formula is C13H17BrCl2N2O2. The number of carbonyl (C=O) groups excluding carboxylic acids is 1. The molecule has 0 radical (unpaired) electrons. The lowest BCUT2D eigenvalue weighted by Gasteiger charge is -2.30. The predicted octanol–water partition coefficient (Wildman–Crippen LogP) is 3.06. The lowest BCUT2D eigenvalue weighted by molar-refractivity contribution is -0.138. The smallest absolute Gasteiger partial charge is 0.355 e. The van der Waals surface area contributed by atoms with Crippen molar-refractivity contribution in [2.24, 2.45) is 5.73 Å². The van der Waals surface area contributed by atoms with E-state index in [0.717, 1.165) is 5.57 Å². The first-order chi connectivity index (χ1) is 9.40. The molecule has 1 aliphatic rings. The fraction of sp³-hybridized carbons (Fsp3) is 0.462. The summed E-state index contributed by atoms with van der Waals surface area (Å²) >= 11 is 15.7. The number of halogens is 3. The highest BCUT2D eigenvalue weighted by Gasteiger charge is 2.24. The number of alkyl halides is 2. The van der Waals surface area contributed by atoms with Crippen LogP contribution >= 0.6 is 39.1 Å². The van der Waals surface area contributed by atoms with E-state index in [2.05, 4.69) is 15.9 Å². The fourth-order valence-electron chi connectivity index (χ4n) is 1.84. The van der Waals surface area contributed by atoms with Crippen molar-refractivity contribution < 1.29 is 9.53 Å². The fourth-order valence-corrected chi connectivity index (χ4v) is 2.68. The number of hydrogen-bond acceptors (Lipinski definition) is 4. The molecule has 112 valence electrons. The van der Waals surface area contributed by atoms with E-state index in [1.807, 2.05) is 13.0 Å². The first-order valence-corrected chi connectivity index (χ1v) is 7.74. The zero-order valence-corrected chi connectivity index (χ0v) is 14.4. The van der Waals surface area contributed by atoms with Gasteiger partial charge in [0.05, 0.1) is 17.4 Å². The first kappa shape index (κ1) is 17.4. The third-order valence-electron chi connectivity index (χ3n) is 2.88. The summed E-state index contributed by atoms with van der Waals surface area (Å²) in [4.78, 5) is 13.4. The van der Waals surface area contributed by atoms with Gasteiger partial charge in [0.2, 0.25) is 0 Å². The lowest BCUT2D eigenvalue weighted by Crippen LogP contribution is -2.35. The maximum Gasteiger partial charge on any atom is 0.355 e. The van der Waals surface area contributed by atoms with E-state index in [1.165, 1.54) is 13.3 Å². The Morgan fingerprint density at radius 1 is 1.75 bits per heavy atom. The van der Waals surface area contributed by atoms with Crippen LogP contribution in [-0.2, 0) is 9.53 Å². The number of nitrogens with zero attached hydrogens (tertiary/aromatic N) is 1. The standard InChI is InChI=1S/C13H17BrCl2N2O2/c1-8(14)18(12(6-17)13(19)20-2)7-9-5-10(15)3-4-11(9)16/h3-4,6,8,10H,5,7,17H2,1-2H3/b12-6-. The summed E-state index contributed by atoms with van der Waals surface area (Å²) in [5.74, 6) is -0.496. The van der Waals surface area contributed by atoms with Gasteiger partial charge in [-0.3, -0.25) is 0 Å². The summed E-state index contributed by atoms with van der Waals surface area (Å²) in [7, 11) is 1.31. The Morgan fingerprint density at radius 3 is 2.90 bits per heavy atom. The highest BCUT2D eigenvalue weighted by atomic mass is 79.9. The Morgan fingerprint density at radius 2 is 2.40 bits per heavy atom. The number of rotatable bonds is 5. The van der Waals surface area contributed by atoms with Gasteiger partial charge in [-0.15, -0.1) is 11.6 Å². The molecule has 0 fully saturated rings. The number of hydrogen-bond donors (Lipinski definition) is 1. The van der Waals surface area contributed by atoms with E-state index < -0.39 is 5.97 Å². The monoisotopic (exact) mass is 382 g/mol. The second-order valence-electron chi connectivity index (χ2n) is 4.28. The van der Waals surface area contributed by atoms with Gasteiger partial charge in [-0.1, -0.05) is 33.6 Å². The predicted molar refractivity (Wildman–Crippen MR) is 85.7 cm³/mol. The number of esters is 1. The minimum atomic E-state index is -0.496. The molecule has 2 N–H and O–H groups in total. The van der Waals surface area contributed by atoms with Crippen LogP contribution in [0.3, 0.4) is 0 Å². The summed E-state index contributed by atoms with van der Waals surface area (Å²) in [6.45, 7) is 2.33. The van der Waals surface area contributed by atoms with Crippen LogP contribution < -0.4 is 5.73 Å². The number of nitrogens with two attached hydrogens (primary N) is 1. The molecule has 20 heavy (non-hydrogen) atoms. The maximum atomic E-state index is 11.8. The average molecular weight is 384 g/mol. The summed E-state index contributed by atoms with van der Waals surface area (Å²) in [6, 6.07) is 0. The third kappa shape index (κ3) is 4.43. The largest absolute Gasteiger partial charge is 0.464 e. The molecular weight excluding hydrogens is 367 g/mol. The number of carbonyl (C=O) groups is 1. The summed E-state index contributed by atoms with van der Waals surface area (Å²) in [6.07, 6.45) is 5.48. The molecule has 7 heteroatoms. The zero-order chi connectivity index (χ0) is 15.3. The average Bonchev–Trinajstić information content (AvgIpc) is 2.41. The minimum Gasteiger partial charge on any atom is -0.464 e. The Bertz CT molecular complexity index is 461. The molecule has 0 heterocycles. The summed E-state index contributed by atoms with van der Waals surface area (Å²) < 4.78 is 4.73. The molecule has 0 aliphatic heterocycles. The Balaban J connectivity index is 2.99. The van der Waals surface area contributed by atoms with Gasteiger partial charge in [-0.2, -0.15) is 0 Å². The van der Waals surface area contributed by atoms with Gasteiger partial charge in [-0.25, -0.2) is 4.79 Å². The molecule has 4 nitrogen and oxygen atoms in total. The van der Waals surface area contributed by atoms with E-state index in [1.54, 1.807) is 11.0 Å². The van der Waals surface area contributed by atoms with E-state index in [0.29, 0.717) is 18.0 Å². The van der Waals surface area contributed by atoms with Gasteiger partial charge in [0.1, 0.15) is 5.70 Å². The Labute approximate surface area is 137 Å². The molecule has 0 bridgehead atoms.